The van der Waals surface area contributed by atoms with E-state index < -0.39 is 30.6 Å². The number of halogens is 6. The monoisotopic (exact) mass is 480 g/mol. The standard InChI is InChI=1S/C21H14F6N6O/c22-20(23,24)11-29-19(34)30-14-3-1-2-13(8-14)16-10-28-18-9-12(6-7-33(16)18)15-4-5-17(32-31-15)21(25,26)27/h1-10H,11H2,(H2,29,30,34). The molecule has 0 aliphatic carbocycles. The van der Waals surface area contributed by atoms with Gasteiger partial charge in [-0.1, -0.05) is 12.1 Å². The van der Waals surface area contributed by atoms with Crippen LogP contribution in [0, 0.1) is 0 Å². The minimum Gasteiger partial charge on any atom is -0.329 e. The highest BCUT2D eigenvalue weighted by Crippen LogP contribution is 2.29. The van der Waals surface area contributed by atoms with Crippen LogP contribution in [-0.2, 0) is 6.18 Å². The predicted molar refractivity (Wildman–Crippen MR) is 110 cm³/mol. The number of rotatable bonds is 4. The third kappa shape index (κ3) is 5.24. The summed E-state index contributed by atoms with van der Waals surface area (Å²) in [5, 5.41) is 10.9. The van der Waals surface area contributed by atoms with Crippen molar-refractivity contribution in [3.63, 3.8) is 0 Å². The number of urea groups is 1. The van der Waals surface area contributed by atoms with Crippen LogP contribution in [0.3, 0.4) is 0 Å². The molecular formula is C21H14F6N6O. The van der Waals surface area contributed by atoms with Gasteiger partial charge < -0.3 is 10.6 Å². The van der Waals surface area contributed by atoms with Crippen molar-refractivity contribution in [1.82, 2.24) is 24.9 Å². The Hall–Kier alpha value is -4.16. The molecule has 4 aromatic rings. The summed E-state index contributed by atoms with van der Waals surface area (Å²) >= 11 is 0. The second-order valence-electron chi connectivity index (χ2n) is 7.09. The van der Waals surface area contributed by atoms with Crippen molar-refractivity contribution in [1.29, 1.82) is 0 Å². The minimum absolute atomic E-state index is 0.233. The first kappa shape index (κ1) is 23.0. The first-order chi connectivity index (χ1) is 16.0. The Morgan fingerprint density at radius 3 is 2.41 bits per heavy atom. The maximum atomic E-state index is 12.7. The van der Waals surface area contributed by atoms with Gasteiger partial charge in [-0.05, 0) is 36.4 Å². The first-order valence-corrected chi connectivity index (χ1v) is 9.60. The molecule has 2 amide bonds. The Labute approximate surface area is 187 Å². The van der Waals surface area contributed by atoms with E-state index in [1.165, 1.54) is 12.1 Å². The summed E-state index contributed by atoms with van der Waals surface area (Å²) in [5.74, 6) is 0. The molecule has 13 heteroatoms. The topological polar surface area (TPSA) is 84.2 Å². The second-order valence-corrected chi connectivity index (χ2v) is 7.09. The van der Waals surface area contributed by atoms with Gasteiger partial charge >= 0.3 is 18.4 Å². The van der Waals surface area contributed by atoms with Gasteiger partial charge in [-0.2, -0.15) is 26.3 Å². The fourth-order valence-electron chi connectivity index (χ4n) is 3.10. The summed E-state index contributed by atoms with van der Waals surface area (Å²) < 4.78 is 76.5. The van der Waals surface area contributed by atoms with Crippen LogP contribution in [0.1, 0.15) is 5.69 Å². The maximum Gasteiger partial charge on any atom is 0.435 e. The third-order valence-electron chi connectivity index (χ3n) is 4.63. The van der Waals surface area contributed by atoms with Crippen LogP contribution in [0.15, 0.2) is 60.9 Å². The first-order valence-electron chi connectivity index (χ1n) is 9.60. The van der Waals surface area contributed by atoms with Gasteiger partial charge in [0.15, 0.2) is 5.69 Å². The molecule has 0 radical (unpaired) electrons. The molecule has 0 spiro atoms. The molecule has 1 aromatic carbocycles. The Kier molecular flexibility index (Phi) is 5.85. The van der Waals surface area contributed by atoms with Gasteiger partial charge in [0.05, 0.1) is 17.6 Å². The molecule has 0 aliphatic rings. The van der Waals surface area contributed by atoms with Gasteiger partial charge in [-0.25, -0.2) is 9.78 Å². The normalized spacial score (nSPS) is 12.1. The van der Waals surface area contributed by atoms with Crippen molar-refractivity contribution in [3.05, 3.63) is 66.6 Å². The van der Waals surface area contributed by atoms with Gasteiger partial charge in [0, 0.05) is 23.0 Å². The lowest BCUT2D eigenvalue weighted by Gasteiger charge is -2.11. The SMILES string of the molecule is O=C(NCC(F)(F)F)Nc1cccc(-c2cnc3cc(-c4ccc(C(F)(F)F)nn4)ccn23)c1. The van der Waals surface area contributed by atoms with E-state index in [4.69, 9.17) is 0 Å². The number of amides is 2. The molecule has 0 bridgehead atoms. The largest absolute Gasteiger partial charge is 0.435 e. The van der Waals surface area contributed by atoms with Crippen molar-refractivity contribution in [2.24, 2.45) is 0 Å². The molecule has 2 N–H and O–H groups in total. The molecule has 0 atom stereocenters. The molecule has 4 rings (SSSR count). The van der Waals surface area contributed by atoms with Crippen LogP contribution in [0.2, 0.25) is 0 Å². The van der Waals surface area contributed by atoms with E-state index in [2.05, 4.69) is 20.5 Å². The predicted octanol–water partition coefficient (Wildman–Crippen LogP) is 5.16. The van der Waals surface area contributed by atoms with Crippen molar-refractivity contribution in [3.8, 4) is 22.5 Å². The summed E-state index contributed by atoms with van der Waals surface area (Å²) in [4.78, 5) is 16.0. The van der Waals surface area contributed by atoms with Gasteiger partial charge in [0.25, 0.3) is 0 Å². The highest BCUT2D eigenvalue weighted by Gasteiger charge is 2.33. The molecular weight excluding hydrogens is 466 g/mol. The van der Waals surface area contributed by atoms with Gasteiger partial charge in [0.2, 0.25) is 0 Å². The number of aromatic nitrogens is 4. The number of carbonyl (C=O) groups excluding carboxylic acids is 1. The second kappa shape index (κ2) is 8.65. The maximum absolute atomic E-state index is 12.7. The molecule has 7 nitrogen and oxygen atoms in total. The van der Waals surface area contributed by atoms with Crippen molar-refractivity contribution in [2.75, 3.05) is 11.9 Å². The van der Waals surface area contributed by atoms with E-state index in [1.807, 2.05) is 0 Å². The number of hydrogen-bond donors (Lipinski definition) is 2. The van der Waals surface area contributed by atoms with Gasteiger partial charge in [-0.3, -0.25) is 4.40 Å². The molecule has 0 fully saturated rings. The number of anilines is 1. The Bertz CT molecular complexity index is 1330. The summed E-state index contributed by atoms with van der Waals surface area (Å²) in [5.41, 5.74) is 1.60. The van der Waals surface area contributed by atoms with E-state index in [1.54, 1.807) is 52.4 Å². The Morgan fingerprint density at radius 1 is 0.941 bits per heavy atom. The highest BCUT2D eigenvalue weighted by molar-refractivity contribution is 5.90. The molecule has 3 heterocycles. The van der Waals surface area contributed by atoms with Crippen molar-refractivity contribution < 1.29 is 31.1 Å². The highest BCUT2D eigenvalue weighted by atomic mass is 19.4. The fourth-order valence-corrected chi connectivity index (χ4v) is 3.10. The van der Waals surface area contributed by atoms with E-state index in [0.717, 1.165) is 6.07 Å². The lowest BCUT2D eigenvalue weighted by molar-refractivity contribution is -0.141. The molecule has 0 aliphatic heterocycles. The van der Waals surface area contributed by atoms with Gasteiger partial charge in [0.1, 0.15) is 12.2 Å². The van der Waals surface area contributed by atoms with Crippen LogP contribution in [-0.4, -0.2) is 38.3 Å². The number of carbonyl (C=O) groups is 1. The fraction of sp³-hybridized carbons (Fsp3) is 0.143. The van der Waals surface area contributed by atoms with Gasteiger partial charge in [-0.15, -0.1) is 10.2 Å². The number of fused-ring (bicyclic) bond motifs is 1. The van der Waals surface area contributed by atoms with Crippen molar-refractivity contribution in [2.45, 2.75) is 12.4 Å². The van der Waals surface area contributed by atoms with E-state index >= 15 is 0 Å². The van der Waals surface area contributed by atoms with E-state index in [-0.39, 0.29) is 11.4 Å². The smallest absolute Gasteiger partial charge is 0.329 e. The van der Waals surface area contributed by atoms with E-state index in [9.17, 15) is 31.1 Å². The number of alkyl halides is 6. The zero-order valence-corrected chi connectivity index (χ0v) is 16.9. The molecule has 0 saturated heterocycles. The lowest BCUT2D eigenvalue weighted by Crippen LogP contribution is -2.36. The molecule has 0 saturated carbocycles. The lowest BCUT2D eigenvalue weighted by atomic mass is 10.1. The summed E-state index contributed by atoms with van der Waals surface area (Å²) in [6.07, 6.45) is -5.93. The number of pyridine rings is 1. The third-order valence-corrected chi connectivity index (χ3v) is 4.63. The number of nitrogens with one attached hydrogen (secondary N) is 2. The van der Waals surface area contributed by atoms with E-state index in [0.29, 0.717) is 22.5 Å². The van der Waals surface area contributed by atoms with Crippen LogP contribution in [0.25, 0.3) is 28.2 Å². The molecule has 176 valence electrons. The Morgan fingerprint density at radius 2 is 1.74 bits per heavy atom. The Balaban J connectivity index is 1.56. The number of imidazole rings is 1. The molecule has 34 heavy (non-hydrogen) atoms. The van der Waals surface area contributed by atoms with Crippen LogP contribution >= 0.6 is 0 Å². The summed E-state index contributed by atoms with van der Waals surface area (Å²) in [7, 11) is 0. The molecule has 0 unspecified atom stereocenters. The number of benzene rings is 1. The number of hydrogen-bond acceptors (Lipinski definition) is 4. The summed E-state index contributed by atoms with van der Waals surface area (Å²) in [6.45, 7) is -1.46. The quantitative estimate of drug-likeness (QED) is 0.395. The zero-order valence-electron chi connectivity index (χ0n) is 16.9. The summed E-state index contributed by atoms with van der Waals surface area (Å²) in [6, 6.07) is 10.7. The minimum atomic E-state index is -4.59. The molecule has 3 aromatic heterocycles. The van der Waals surface area contributed by atoms with Crippen LogP contribution in [0.5, 0.6) is 0 Å². The van der Waals surface area contributed by atoms with Crippen molar-refractivity contribution >= 4 is 17.4 Å². The zero-order chi connectivity index (χ0) is 24.5. The van der Waals surface area contributed by atoms with Crippen LogP contribution < -0.4 is 10.6 Å². The van der Waals surface area contributed by atoms with Crippen LogP contribution in [0.4, 0.5) is 36.8 Å². The average Bonchev–Trinajstić information content (AvgIpc) is 3.20. The number of nitrogens with zero attached hydrogens (tertiary/aromatic N) is 4. The average molecular weight is 480 g/mol.